The molecule has 1 unspecified atom stereocenters. The Morgan fingerprint density at radius 1 is 1.42 bits per heavy atom. The molecular weight excluding hydrogens is 254 g/mol. The summed E-state index contributed by atoms with van der Waals surface area (Å²) in [6.07, 6.45) is 1.53. The normalized spacial score (nSPS) is 20.3. The molecule has 1 aliphatic heterocycles. The summed E-state index contributed by atoms with van der Waals surface area (Å²) in [6, 6.07) is -1.82. The summed E-state index contributed by atoms with van der Waals surface area (Å²) in [4.78, 5) is 33.1. The summed E-state index contributed by atoms with van der Waals surface area (Å²) in [7, 11) is 0. The van der Waals surface area contributed by atoms with Gasteiger partial charge in [-0.05, 0) is 19.3 Å². The smallest absolute Gasteiger partial charge is 0.326 e. The van der Waals surface area contributed by atoms with Crippen molar-refractivity contribution in [3.63, 3.8) is 0 Å². The van der Waals surface area contributed by atoms with Crippen LogP contribution in [0.1, 0.15) is 25.7 Å². The van der Waals surface area contributed by atoms with E-state index in [1.54, 1.807) is 0 Å². The van der Waals surface area contributed by atoms with Crippen LogP contribution in [0, 0.1) is 0 Å². The average Bonchev–Trinajstić information content (AvgIpc) is 2.35. The zero-order chi connectivity index (χ0) is 14.3. The standard InChI is InChI=1S/C11H19N3O5/c12-9(15)4-3-8(10(16)17)14-11(18)13-7-2-1-5-19-6-7/h7-8H,1-6H2,(H2,12,15)(H,16,17)(H2,13,14,18)/t7?,8-/m0/s1. The first-order valence-corrected chi connectivity index (χ1v) is 6.15. The maximum Gasteiger partial charge on any atom is 0.326 e. The molecule has 5 N–H and O–H groups in total. The van der Waals surface area contributed by atoms with Crippen molar-refractivity contribution in [2.45, 2.75) is 37.8 Å². The second-order valence-corrected chi connectivity index (χ2v) is 4.43. The molecule has 8 heteroatoms. The van der Waals surface area contributed by atoms with Crippen LogP contribution in [-0.4, -0.2) is 48.3 Å². The van der Waals surface area contributed by atoms with Crippen molar-refractivity contribution in [1.82, 2.24) is 10.6 Å². The van der Waals surface area contributed by atoms with Gasteiger partial charge in [-0.3, -0.25) is 4.79 Å². The molecule has 0 saturated carbocycles. The molecule has 0 bridgehead atoms. The Morgan fingerprint density at radius 2 is 2.16 bits per heavy atom. The summed E-state index contributed by atoms with van der Waals surface area (Å²) in [5.41, 5.74) is 4.94. The van der Waals surface area contributed by atoms with Crippen molar-refractivity contribution in [2.24, 2.45) is 5.73 Å². The fraction of sp³-hybridized carbons (Fsp3) is 0.727. The Kier molecular flexibility index (Phi) is 6.07. The highest BCUT2D eigenvalue weighted by Crippen LogP contribution is 2.05. The quantitative estimate of drug-likeness (QED) is 0.502. The molecule has 19 heavy (non-hydrogen) atoms. The molecule has 8 nitrogen and oxygen atoms in total. The minimum Gasteiger partial charge on any atom is -0.480 e. The van der Waals surface area contributed by atoms with Crippen molar-refractivity contribution < 1.29 is 24.2 Å². The number of urea groups is 1. The van der Waals surface area contributed by atoms with Crippen LogP contribution in [0.15, 0.2) is 0 Å². The molecule has 1 fully saturated rings. The zero-order valence-corrected chi connectivity index (χ0v) is 10.6. The SMILES string of the molecule is NC(=O)CC[C@H](NC(=O)NC1CCCOC1)C(=O)O. The molecular formula is C11H19N3O5. The largest absolute Gasteiger partial charge is 0.480 e. The first-order chi connectivity index (χ1) is 8.99. The van der Waals surface area contributed by atoms with Crippen molar-refractivity contribution in [1.29, 1.82) is 0 Å². The van der Waals surface area contributed by atoms with Crippen LogP contribution in [0.3, 0.4) is 0 Å². The van der Waals surface area contributed by atoms with Gasteiger partial charge in [0.2, 0.25) is 5.91 Å². The van der Waals surface area contributed by atoms with Crippen molar-refractivity contribution in [3.8, 4) is 0 Å². The molecule has 0 aromatic heterocycles. The number of hydrogen-bond acceptors (Lipinski definition) is 4. The van der Waals surface area contributed by atoms with Crippen molar-refractivity contribution in [3.05, 3.63) is 0 Å². The van der Waals surface area contributed by atoms with Gasteiger partial charge < -0.3 is 26.2 Å². The first kappa shape index (κ1) is 15.2. The lowest BCUT2D eigenvalue weighted by molar-refractivity contribution is -0.139. The monoisotopic (exact) mass is 273 g/mol. The molecule has 1 saturated heterocycles. The number of carbonyl (C=O) groups is 3. The number of aliphatic carboxylic acids is 1. The highest BCUT2D eigenvalue weighted by atomic mass is 16.5. The van der Waals surface area contributed by atoms with E-state index in [1.165, 1.54) is 0 Å². The summed E-state index contributed by atoms with van der Waals surface area (Å²) in [5.74, 6) is -1.80. The number of rotatable bonds is 6. The van der Waals surface area contributed by atoms with Gasteiger partial charge in [-0.15, -0.1) is 0 Å². The highest BCUT2D eigenvalue weighted by Gasteiger charge is 2.22. The van der Waals surface area contributed by atoms with Gasteiger partial charge in [-0.2, -0.15) is 0 Å². The highest BCUT2D eigenvalue weighted by molar-refractivity contribution is 5.83. The van der Waals surface area contributed by atoms with Gasteiger partial charge in [-0.25, -0.2) is 9.59 Å². The number of primary amides is 1. The van der Waals surface area contributed by atoms with Crippen LogP contribution in [0.5, 0.6) is 0 Å². The van der Waals surface area contributed by atoms with Gasteiger partial charge in [0.1, 0.15) is 6.04 Å². The minimum absolute atomic E-state index is 0.0285. The Hall–Kier alpha value is -1.83. The van der Waals surface area contributed by atoms with Gasteiger partial charge in [0.15, 0.2) is 0 Å². The number of nitrogens with one attached hydrogen (secondary N) is 2. The minimum atomic E-state index is -1.20. The number of nitrogens with two attached hydrogens (primary N) is 1. The fourth-order valence-electron chi connectivity index (χ4n) is 1.78. The molecule has 3 amide bonds. The van der Waals surface area contributed by atoms with Gasteiger partial charge in [-0.1, -0.05) is 0 Å². The Bertz CT molecular complexity index is 341. The van der Waals surface area contributed by atoms with Crippen LogP contribution in [0.2, 0.25) is 0 Å². The van der Waals surface area contributed by atoms with Crippen LogP contribution in [0.4, 0.5) is 4.79 Å². The van der Waals surface area contributed by atoms with E-state index in [1.807, 2.05) is 0 Å². The lowest BCUT2D eigenvalue weighted by Gasteiger charge is -2.24. The second-order valence-electron chi connectivity index (χ2n) is 4.43. The van der Waals surface area contributed by atoms with Gasteiger partial charge in [0.05, 0.1) is 12.6 Å². The molecule has 1 heterocycles. The summed E-state index contributed by atoms with van der Waals surface area (Å²) in [6.45, 7) is 1.10. The number of carbonyl (C=O) groups excluding carboxylic acids is 2. The van der Waals surface area contributed by atoms with Gasteiger partial charge in [0.25, 0.3) is 0 Å². The van der Waals surface area contributed by atoms with Crippen molar-refractivity contribution >= 4 is 17.9 Å². The zero-order valence-electron chi connectivity index (χ0n) is 10.6. The average molecular weight is 273 g/mol. The predicted octanol–water partition coefficient (Wildman–Crippen LogP) is -0.817. The van der Waals surface area contributed by atoms with Crippen LogP contribution >= 0.6 is 0 Å². The molecule has 0 aromatic rings. The summed E-state index contributed by atoms with van der Waals surface area (Å²) in [5, 5.41) is 13.9. The molecule has 1 aliphatic rings. The number of carboxylic acids is 1. The third-order valence-corrected chi connectivity index (χ3v) is 2.78. The Balaban J connectivity index is 2.37. The number of hydrogen-bond donors (Lipinski definition) is 4. The third kappa shape index (κ3) is 6.05. The molecule has 0 radical (unpaired) electrons. The van der Waals surface area contributed by atoms with Crippen LogP contribution in [0.25, 0.3) is 0 Å². The number of amides is 3. The van der Waals surface area contributed by atoms with E-state index in [2.05, 4.69) is 10.6 Å². The molecule has 2 atom stereocenters. The molecule has 108 valence electrons. The predicted molar refractivity (Wildman–Crippen MR) is 65.4 cm³/mol. The molecule has 0 spiro atoms. The fourth-order valence-corrected chi connectivity index (χ4v) is 1.78. The van der Waals surface area contributed by atoms with Crippen molar-refractivity contribution in [2.75, 3.05) is 13.2 Å². The van der Waals surface area contributed by atoms with E-state index in [0.29, 0.717) is 13.2 Å². The van der Waals surface area contributed by atoms with Gasteiger partial charge in [0, 0.05) is 13.0 Å². The Morgan fingerprint density at radius 3 is 2.68 bits per heavy atom. The van der Waals surface area contributed by atoms with E-state index in [-0.39, 0.29) is 18.9 Å². The van der Waals surface area contributed by atoms with E-state index in [9.17, 15) is 14.4 Å². The summed E-state index contributed by atoms with van der Waals surface area (Å²) >= 11 is 0. The van der Waals surface area contributed by atoms with E-state index in [0.717, 1.165) is 12.8 Å². The third-order valence-electron chi connectivity index (χ3n) is 2.78. The first-order valence-electron chi connectivity index (χ1n) is 6.15. The Labute approximate surface area is 110 Å². The molecule has 0 aromatic carbocycles. The lowest BCUT2D eigenvalue weighted by atomic mass is 10.1. The summed E-state index contributed by atoms with van der Waals surface area (Å²) < 4.78 is 5.19. The van der Waals surface area contributed by atoms with E-state index < -0.39 is 23.9 Å². The van der Waals surface area contributed by atoms with Crippen LogP contribution in [-0.2, 0) is 14.3 Å². The topological polar surface area (TPSA) is 131 Å². The maximum absolute atomic E-state index is 11.6. The lowest BCUT2D eigenvalue weighted by Crippen LogP contribution is -2.51. The number of ether oxygens (including phenoxy) is 1. The van der Waals surface area contributed by atoms with Crippen LogP contribution < -0.4 is 16.4 Å². The number of carboxylic acid groups (broad SMARTS) is 1. The molecule has 0 aliphatic carbocycles. The maximum atomic E-state index is 11.6. The van der Waals surface area contributed by atoms with Gasteiger partial charge >= 0.3 is 12.0 Å². The molecule has 1 rings (SSSR count). The second kappa shape index (κ2) is 7.57. The van der Waals surface area contributed by atoms with E-state index in [4.69, 9.17) is 15.6 Å². The van der Waals surface area contributed by atoms with E-state index >= 15 is 0 Å².